The fourth-order valence-electron chi connectivity index (χ4n) is 3.99. The number of hydrogen-bond acceptors (Lipinski definition) is 6. The summed E-state index contributed by atoms with van der Waals surface area (Å²) < 4.78 is 27.7. The Labute approximate surface area is 177 Å². The van der Waals surface area contributed by atoms with Crippen molar-refractivity contribution in [2.24, 2.45) is 14.1 Å². The Morgan fingerprint density at radius 3 is 2.55 bits per heavy atom. The molecule has 0 radical (unpaired) electrons. The van der Waals surface area contributed by atoms with Gasteiger partial charge in [-0.1, -0.05) is 0 Å². The fourth-order valence-corrected chi connectivity index (χ4v) is 5.25. The highest BCUT2D eigenvalue weighted by atomic mass is 32.2. The van der Waals surface area contributed by atoms with Crippen molar-refractivity contribution in [3.63, 3.8) is 0 Å². The van der Waals surface area contributed by atoms with Gasteiger partial charge in [0.15, 0.2) is 0 Å². The van der Waals surface area contributed by atoms with Crippen molar-refractivity contribution in [3.8, 4) is 0 Å². The molecule has 31 heavy (non-hydrogen) atoms. The van der Waals surface area contributed by atoms with Gasteiger partial charge in [0.2, 0.25) is 10.0 Å². The lowest BCUT2D eigenvalue weighted by Gasteiger charge is -2.21. The van der Waals surface area contributed by atoms with Gasteiger partial charge >= 0.3 is 5.69 Å². The Bertz CT molecular complexity index is 1470. The maximum Gasteiger partial charge on any atom is 0.332 e. The number of hydrogen-bond donors (Lipinski definition) is 1. The molecule has 1 N–H and O–H groups in total. The molecule has 0 saturated heterocycles. The third-order valence-corrected chi connectivity index (χ3v) is 6.67. The Hall–Kier alpha value is -3.47. The molecule has 1 amide bonds. The van der Waals surface area contributed by atoms with Crippen LogP contribution in [0.1, 0.15) is 22.8 Å². The fraction of sp³-hybridized carbons (Fsp3) is 0.300. The predicted molar refractivity (Wildman–Crippen MR) is 117 cm³/mol. The Kier molecular flexibility index (Phi) is 4.73. The van der Waals surface area contributed by atoms with Gasteiger partial charge in [-0.2, -0.15) is 0 Å². The van der Waals surface area contributed by atoms with Crippen LogP contribution in [0.3, 0.4) is 0 Å². The number of nitrogens with zero attached hydrogens (tertiary/aromatic N) is 4. The van der Waals surface area contributed by atoms with Gasteiger partial charge < -0.3 is 5.32 Å². The van der Waals surface area contributed by atoms with E-state index >= 15 is 0 Å². The van der Waals surface area contributed by atoms with Crippen molar-refractivity contribution >= 4 is 38.3 Å². The van der Waals surface area contributed by atoms with Crippen molar-refractivity contribution in [1.82, 2.24) is 14.1 Å². The van der Waals surface area contributed by atoms with Crippen molar-refractivity contribution in [1.29, 1.82) is 0 Å². The molecule has 0 fully saturated rings. The number of anilines is 2. The minimum atomic E-state index is -3.41. The number of benzene rings is 1. The van der Waals surface area contributed by atoms with E-state index in [4.69, 9.17) is 0 Å². The van der Waals surface area contributed by atoms with Crippen LogP contribution in [-0.4, -0.2) is 40.7 Å². The Morgan fingerprint density at radius 1 is 1.16 bits per heavy atom. The van der Waals surface area contributed by atoms with Crippen molar-refractivity contribution in [2.75, 3.05) is 15.9 Å². The number of rotatable bonds is 3. The van der Waals surface area contributed by atoms with Gasteiger partial charge in [-0.15, -0.1) is 0 Å². The van der Waals surface area contributed by atoms with Crippen LogP contribution in [0.2, 0.25) is 0 Å². The summed E-state index contributed by atoms with van der Waals surface area (Å²) >= 11 is 0. The van der Waals surface area contributed by atoms with Crippen LogP contribution in [0.5, 0.6) is 0 Å². The van der Waals surface area contributed by atoms with E-state index in [1.807, 2.05) is 6.92 Å². The molecule has 1 aliphatic heterocycles. The van der Waals surface area contributed by atoms with Gasteiger partial charge in [0.1, 0.15) is 5.65 Å². The van der Waals surface area contributed by atoms with Gasteiger partial charge in [0, 0.05) is 25.7 Å². The highest BCUT2D eigenvalue weighted by molar-refractivity contribution is 7.92. The number of fused-ring (bicyclic) bond motifs is 2. The van der Waals surface area contributed by atoms with E-state index < -0.39 is 27.2 Å². The van der Waals surface area contributed by atoms with Crippen molar-refractivity contribution in [3.05, 3.63) is 62.4 Å². The first kappa shape index (κ1) is 20.8. The molecule has 2 aromatic heterocycles. The van der Waals surface area contributed by atoms with Gasteiger partial charge in [-0.3, -0.25) is 23.0 Å². The first-order chi connectivity index (χ1) is 14.5. The second kappa shape index (κ2) is 7.05. The lowest BCUT2D eigenvalue weighted by Crippen LogP contribution is -2.37. The van der Waals surface area contributed by atoms with E-state index in [2.05, 4.69) is 10.3 Å². The molecule has 3 heterocycles. The van der Waals surface area contributed by atoms with Crippen molar-refractivity contribution in [2.45, 2.75) is 19.4 Å². The lowest BCUT2D eigenvalue weighted by atomic mass is 10.1. The number of pyridine rings is 1. The molecule has 1 atom stereocenters. The Balaban J connectivity index is 1.67. The zero-order valence-electron chi connectivity index (χ0n) is 17.4. The van der Waals surface area contributed by atoms with E-state index in [1.165, 1.54) is 35.2 Å². The van der Waals surface area contributed by atoms with Crippen molar-refractivity contribution < 1.29 is 13.2 Å². The molecule has 11 heteroatoms. The average Bonchev–Trinajstić information content (AvgIpc) is 3.05. The molecule has 0 aliphatic carbocycles. The van der Waals surface area contributed by atoms with Crippen LogP contribution in [0.25, 0.3) is 11.0 Å². The number of aryl methyl sites for hydroxylation is 1. The van der Waals surface area contributed by atoms with E-state index in [-0.39, 0.29) is 17.1 Å². The van der Waals surface area contributed by atoms with Gasteiger partial charge in [-0.05, 0) is 43.2 Å². The number of nitrogens with one attached hydrogen (secondary N) is 1. The normalized spacial score (nSPS) is 15.9. The van der Waals surface area contributed by atoms with E-state index in [0.717, 1.165) is 16.4 Å². The maximum absolute atomic E-state index is 12.8. The van der Waals surface area contributed by atoms with Crippen LogP contribution in [0.4, 0.5) is 11.4 Å². The zero-order valence-corrected chi connectivity index (χ0v) is 18.2. The molecule has 1 unspecified atom stereocenters. The summed E-state index contributed by atoms with van der Waals surface area (Å²) in [5.74, 6) is -0.420. The van der Waals surface area contributed by atoms with E-state index in [0.29, 0.717) is 23.4 Å². The highest BCUT2D eigenvalue weighted by Gasteiger charge is 2.32. The summed E-state index contributed by atoms with van der Waals surface area (Å²) in [5.41, 5.74) is 1.23. The van der Waals surface area contributed by atoms with Gasteiger partial charge in [0.05, 0.1) is 29.2 Å². The van der Waals surface area contributed by atoms with Crippen LogP contribution in [0.15, 0.2) is 40.1 Å². The molecular formula is C20H21N5O5S. The molecule has 10 nitrogen and oxygen atoms in total. The SMILES string of the molecule is CC1Cc2cc(C(=O)Nc3cnc4c(c3)c(=O)n(C)c(=O)n4C)ccc2N1S(C)(=O)=O. The number of carbonyl (C=O) groups is 1. The summed E-state index contributed by atoms with van der Waals surface area (Å²) in [6.45, 7) is 1.81. The molecule has 0 saturated carbocycles. The Morgan fingerprint density at radius 2 is 1.87 bits per heavy atom. The van der Waals surface area contributed by atoms with Gasteiger partial charge in [-0.25, -0.2) is 18.2 Å². The highest BCUT2D eigenvalue weighted by Crippen LogP contribution is 2.34. The summed E-state index contributed by atoms with van der Waals surface area (Å²) in [6.07, 6.45) is 3.04. The maximum atomic E-state index is 12.8. The zero-order chi connectivity index (χ0) is 22.7. The number of carbonyl (C=O) groups excluding carboxylic acids is 1. The summed E-state index contributed by atoms with van der Waals surface area (Å²) in [4.78, 5) is 41.4. The third kappa shape index (κ3) is 3.40. The second-order valence-corrected chi connectivity index (χ2v) is 9.57. The van der Waals surface area contributed by atoms with Gasteiger partial charge in [0.25, 0.3) is 11.5 Å². The topological polar surface area (TPSA) is 123 Å². The molecule has 4 rings (SSSR count). The van der Waals surface area contributed by atoms with Crippen LogP contribution in [0, 0.1) is 0 Å². The standard InChI is InChI=1S/C20H21N5O5S/c1-11-7-13-8-12(5-6-16(13)25(11)31(4,29)30)18(26)22-14-9-15-17(21-10-14)23(2)20(28)24(3)19(15)27/h5-6,8-11H,7H2,1-4H3,(H,22,26). The van der Waals surface area contributed by atoms with Crippen LogP contribution in [-0.2, 0) is 30.5 Å². The molecule has 1 aromatic carbocycles. The number of aromatic nitrogens is 3. The monoisotopic (exact) mass is 443 g/mol. The van der Waals surface area contributed by atoms with E-state index in [1.54, 1.807) is 18.2 Å². The van der Waals surface area contributed by atoms with E-state index in [9.17, 15) is 22.8 Å². The minimum Gasteiger partial charge on any atom is -0.321 e. The lowest BCUT2D eigenvalue weighted by molar-refractivity contribution is 0.102. The summed E-state index contributed by atoms with van der Waals surface area (Å²) in [7, 11) is -0.523. The molecular weight excluding hydrogens is 422 g/mol. The molecule has 162 valence electrons. The molecule has 0 spiro atoms. The van der Waals surface area contributed by atoms with Crippen LogP contribution >= 0.6 is 0 Å². The first-order valence-corrected chi connectivity index (χ1v) is 11.3. The third-order valence-electron chi connectivity index (χ3n) is 5.40. The first-order valence-electron chi connectivity index (χ1n) is 9.48. The predicted octanol–water partition coefficient (Wildman–Crippen LogP) is 0.595. The average molecular weight is 443 g/mol. The summed E-state index contributed by atoms with van der Waals surface area (Å²) in [6, 6.07) is 6.10. The number of amides is 1. The molecule has 3 aromatic rings. The number of sulfonamides is 1. The minimum absolute atomic E-state index is 0.203. The quantitative estimate of drug-likeness (QED) is 0.632. The second-order valence-electron chi connectivity index (χ2n) is 7.71. The largest absolute Gasteiger partial charge is 0.332 e. The smallest absolute Gasteiger partial charge is 0.321 e. The van der Waals surface area contributed by atoms with Crippen LogP contribution < -0.4 is 20.9 Å². The molecule has 1 aliphatic rings. The molecule has 0 bridgehead atoms. The summed E-state index contributed by atoms with van der Waals surface area (Å²) in [5, 5.41) is 2.91.